The molecule has 0 amide bonds. The second kappa shape index (κ2) is 6.17. The number of nitrogens with zero attached hydrogens (tertiary/aromatic N) is 3. The first-order valence-electron chi connectivity index (χ1n) is 6.36. The average Bonchev–Trinajstić information content (AvgIpc) is 3.02. The van der Waals surface area contributed by atoms with Crippen molar-refractivity contribution >= 4 is 5.97 Å². The molecule has 6 nitrogen and oxygen atoms in total. The fourth-order valence-corrected chi connectivity index (χ4v) is 1.86. The minimum Gasteiger partial charge on any atom is -0.472 e. The maximum atomic E-state index is 11.8. The van der Waals surface area contributed by atoms with Crippen LogP contribution in [-0.2, 0) is 17.7 Å². The third-order valence-corrected chi connectivity index (χ3v) is 2.71. The summed E-state index contributed by atoms with van der Waals surface area (Å²) in [5, 5.41) is 7.98. The molecule has 0 aliphatic heterocycles. The number of carbonyl (C=O) groups is 1. The molecule has 6 heteroatoms. The second-order valence-electron chi connectivity index (χ2n) is 4.14. The summed E-state index contributed by atoms with van der Waals surface area (Å²) in [6, 6.07) is 1.86. The molecule has 0 radical (unpaired) electrons. The number of esters is 1. The quantitative estimate of drug-likeness (QED) is 0.746. The monoisotopic (exact) mass is 263 g/mol. The van der Waals surface area contributed by atoms with E-state index in [1.807, 2.05) is 13.0 Å². The lowest BCUT2D eigenvalue weighted by Gasteiger charge is -2.05. The SMILES string of the molecule is CCCc1c(C(=O)OCC)nnn1Cc1ccoc1. The van der Waals surface area contributed by atoms with Crippen LogP contribution in [0.2, 0.25) is 0 Å². The number of furan rings is 1. The summed E-state index contributed by atoms with van der Waals surface area (Å²) >= 11 is 0. The van der Waals surface area contributed by atoms with E-state index in [4.69, 9.17) is 9.15 Å². The van der Waals surface area contributed by atoms with Gasteiger partial charge in [0.2, 0.25) is 0 Å². The van der Waals surface area contributed by atoms with Crippen molar-refractivity contribution < 1.29 is 13.9 Å². The van der Waals surface area contributed by atoms with Gasteiger partial charge in [-0.2, -0.15) is 0 Å². The molecule has 2 heterocycles. The molecule has 19 heavy (non-hydrogen) atoms. The van der Waals surface area contributed by atoms with Crippen molar-refractivity contribution in [2.24, 2.45) is 0 Å². The van der Waals surface area contributed by atoms with Gasteiger partial charge in [-0.25, -0.2) is 9.48 Å². The van der Waals surface area contributed by atoms with Gasteiger partial charge >= 0.3 is 5.97 Å². The first-order valence-corrected chi connectivity index (χ1v) is 6.36. The minimum absolute atomic E-state index is 0.312. The standard InChI is InChI=1S/C13H17N3O3/c1-3-5-11-12(13(17)19-4-2)14-15-16(11)8-10-6-7-18-9-10/h6-7,9H,3-5,8H2,1-2H3. The highest BCUT2D eigenvalue weighted by Gasteiger charge is 2.20. The van der Waals surface area contributed by atoms with E-state index >= 15 is 0 Å². The number of ether oxygens (including phenoxy) is 1. The molecule has 0 unspecified atom stereocenters. The molecule has 2 aromatic rings. The summed E-state index contributed by atoms with van der Waals surface area (Å²) in [7, 11) is 0. The summed E-state index contributed by atoms with van der Waals surface area (Å²) in [4.78, 5) is 11.8. The lowest BCUT2D eigenvalue weighted by molar-refractivity contribution is 0.0518. The van der Waals surface area contributed by atoms with Gasteiger partial charge in [-0.15, -0.1) is 5.10 Å². The van der Waals surface area contributed by atoms with E-state index in [0.717, 1.165) is 24.1 Å². The number of hydrogen-bond donors (Lipinski definition) is 0. The number of hydrogen-bond acceptors (Lipinski definition) is 5. The van der Waals surface area contributed by atoms with Gasteiger partial charge < -0.3 is 9.15 Å². The highest BCUT2D eigenvalue weighted by atomic mass is 16.5. The summed E-state index contributed by atoms with van der Waals surface area (Å²) in [6.45, 7) is 4.69. The first-order chi connectivity index (χ1) is 9.26. The molecule has 0 aliphatic carbocycles. The van der Waals surface area contributed by atoms with E-state index < -0.39 is 5.97 Å². The third kappa shape index (κ3) is 3.01. The van der Waals surface area contributed by atoms with Crippen LogP contribution < -0.4 is 0 Å². The molecule has 102 valence electrons. The van der Waals surface area contributed by atoms with Gasteiger partial charge in [0.25, 0.3) is 0 Å². The fraction of sp³-hybridized carbons (Fsp3) is 0.462. The van der Waals surface area contributed by atoms with E-state index in [1.165, 1.54) is 0 Å². The zero-order valence-electron chi connectivity index (χ0n) is 11.1. The Morgan fingerprint density at radius 1 is 1.47 bits per heavy atom. The molecule has 0 aliphatic rings. The van der Waals surface area contributed by atoms with Crippen molar-refractivity contribution in [3.8, 4) is 0 Å². The van der Waals surface area contributed by atoms with Crippen molar-refractivity contribution in [1.29, 1.82) is 0 Å². The van der Waals surface area contributed by atoms with Gasteiger partial charge in [-0.1, -0.05) is 18.6 Å². The van der Waals surface area contributed by atoms with Crippen molar-refractivity contribution in [3.05, 3.63) is 35.5 Å². The summed E-state index contributed by atoms with van der Waals surface area (Å²) in [6.07, 6.45) is 4.91. The molecule has 0 atom stereocenters. The van der Waals surface area contributed by atoms with Crippen LogP contribution in [0.25, 0.3) is 0 Å². The molecular formula is C13H17N3O3. The number of rotatable bonds is 6. The molecule has 0 N–H and O–H groups in total. The highest BCUT2D eigenvalue weighted by molar-refractivity contribution is 5.88. The number of aromatic nitrogens is 3. The predicted octanol–water partition coefficient (Wildman–Crippen LogP) is 2.05. The maximum Gasteiger partial charge on any atom is 0.360 e. The summed E-state index contributed by atoms with van der Waals surface area (Å²) < 4.78 is 11.7. The van der Waals surface area contributed by atoms with Crippen molar-refractivity contribution in [1.82, 2.24) is 15.0 Å². The Bertz CT molecular complexity index is 531. The van der Waals surface area contributed by atoms with Crippen LogP contribution in [0.4, 0.5) is 0 Å². The van der Waals surface area contributed by atoms with Crippen LogP contribution in [0.1, 0.15) is 42.0 Å². The van der Waals surface area contributed by atoms with E-state index in [0.29, 0.717) is 18.8 Å². The van der Waals surface area contributed by atoms with Gasteiger partial charge in [0, 0.05) is 5.56 Å². The molecule has 0 fully saturated rings. The van der Waals surface area contributed by atoms with Gasteiger partial charge in [0.1, 0.15) is 0 Å². The number of carbonyl (C=O) groups excluding carboxylic acids is 1. The van der Waals surface area contributed by atoms with E-state index in [1.54, 1.807) is 24.1 Å². The molecule has 2 aromatic heterocycles. The Balaban J connectivity index is 2.25. The van der Waals surface area contributed by atoms with Gasteiger partial charge in [-0.3, -0.25) is 0 Å². The van der Waals surface area contributed by atoms with Gasteiger partial charge in [0.15, 0.2) is 5.69 Å². The molecule has 0 spiro atoms. The fourth-order valence-electron chi connectivity index (χ4n) is 1.86. The van der Waals surface area contributed by atoms with E-state index in [-0.39, 0.29) is 0 Å². The van der Waals surface area contributed by atoms with Crippen molar-refractivity contribution in [2.75, 3.05) is 6.61 Å². The Kier molecular flexibility index (Phi) is 4.33. The van der Waals surface area contributed by atoms with Gasteiger partial charge in [0.05, 0.1) is 31.4 Å². The normalized spacial score (nSPS) is 10.6. The molecule has 0 aromatic carbocycles. The van der Waals surface area contributed by atoms with E-state index in [2.05, 4.69) is 10.3 Å². The van der Waals surface area contributed by atoms with Gasteiger partial charge in [-0.05, 0) is 19.4 Å². The van der Waals surface area contributed by atoms with Crippen LogP contribution >= 0.6 is 0 Å². The Hall–Kier alpha value is -2.11. The topological polar surface area (TPSA) is 70.2 Å². The maximum absolute atomic E-state index is 11.8. The van der Waals surface area contributed by atoms with Crippen molar-refractivity contribution in [3.63, 3.8) is 0 Å². The smallest absolute Gasteiger partial charge is 0.360 e. The minimum atomic E-state index is -0.413. The molecule has 2 rings (SSSR count). The lowest BCUT2D eigenvalue weighted by Crippen LogP contribution is -2.11. The highest BCUT2D eigenvalue weighted by Crippen LogP contribution is 2.12. The molecule has 0 saturated carbocycles. The molecular weight excluding hydrogens is 246 g/mol. The summed E-state index contributed by atoms with van der Waals surface area (Å²) in [5.74, 6) is -0.413. The second-order valence-corrected chi connectivity index (χ2v) is 4.14. The zero-order valence-corrected chi connectivity index (χ0v) is 11.1. The van der Waals surface area contributed by atoms with Crippen LogP contribution in [0.5, 0.6) is 0 Å². The van der Waals surface area contributed by atoms with Crippen LogP contribution in [-0.4, -0.2) is 27.6 Å². The first kappa shape index (κ1) is 13.3. The summed E-state index contributed by atoms with van der Waals surface area (Å²) in [5.41, 5.74) is 2.10. The predicted molar refractivity (Wildman–Crippen MR) is 67.8 cm³/mol. The van der Waals surface area contributed by atoms with Crippen LogP contribution in [0, 0.1) is 0 Å². The third-order valence-electron chi connectivity index (χ3n) is 2.71. The Labute approximate surface area is 111 Å². The van der Waals surface area contributed by atoms with Crippen LogP contribution in [0.15, 0.2) is 23.0 Å². The lowest BCUT2D eigenvalue weighted by atomic mass is 10.2. The van der Waals surface area contributed by atoms with Crippen molar-refractivity contribution in [2.45, 2.75) is 33.2 Å². The Morgan fingerprint density at radius 3 is 2.95 bits per heavy atom. The molecule has 0 bridgehead atoms. The Morgan fingerprint density at radius 2 is 2.32 bits per heavy atom. The average molecular weight is 263 g/mol. The van der Waals surface area contributed by atoms with Crippen LogP contribution in [0.3, 0.4) is 0 Å². The zero-order chi connectivity index (χ0) is 13.7. The van der Waals surface area contributed by atoms with E-state index in [9.17, 15) is 4.79 Å². The molecule has 0 saturated heterocycles. The largest absolute Gasteiger partial charge is 0.472 e.